The van der Waals surface area contributed by atoms with Crippen LogP contribution in [-0.4, -0.2) is 30.7 Å². The van der Waals surface area contributed by atoms with Gasteiger partial charge in [-0.3, -0.25) is 4.79 Å². The maximum Gasteiger partial charge on any atom is 0.339 e. The van der Waals surface area contributed by atoms with Gasteiger partial charge < -0.3 is 19.9 Å². The number of carboxylic acid groups (broad SMARTS) is 1. The molecule has 0 unspecified atom stereocenters. The molecule has 0 atom stereocenters. The summed E-state index contributed by atoms with van der Waals surface area (Å²) < 4.78 is 10.4. The van der Waals surface area contributed by atoms with Crippen LogP contribution in [0, 0.1) is 6.92 Å². The average Bonchev–Trinajstić information content (AvgIpc) is 2.55. The second kappa shape index (κ2) is 7.70. The molecule has 2 aromatic carbocycles. The zero-order valence-corrected chi connectivity index (χ0v) is 13.9. The summed E-state index contributed by atoms with van der Waals surface area (Å²) in [4.78, 5) is 23.1. The molecule has 0 radical (unpaired) electrons. The number of halogens is 1. The van der Waals surface area contributed by atoms with Gasteiger partial charge in [0, 0.05) is 6.07 Å². The molecule has 0 aromatic heterocycles. The lowest BCUT2D eigenvalue weighted by Crippen LogP contribution is -2.20. The molecule has 2 rings (SSSR count). The molecular formula is C17H16ClNO5. The van der Waals surface area contributed by atoms with Crippen LogP contribution in [0.1, 0.15) is 15.9 Å². The normalized spacial score (nSPS) is 10.1. The van der Waals surface area contributed by atoms with Gasteiger partial charge in [-0.15, -0.1) is 0 Å². The molecule has 0 saturated heterocycles. The predicted octanol–water partition coefficient (Wildman–Crippen LogP) is 3.37. The summed E-state index contributed by atoms with van der Waals surface area (Å²) in [7, 11) is 1.34. The van der Waals surface area contributed by atoms with Gasteiger partial charge >= 0.3 is 5.97 Å². The number of aromatic carboxylic acids is 1. The Morgan fingerprint density at radius 3 is 2.46 bits per heavy atom. The molecule has 1 amide bonds. The quantitative estimate of drug-likeness (QED) is 0.835. The Hall–Kier alpha value is -2.73. The second-order valence-corrected chi connectivity index (χ2v) is 5.39. The van der Waals surface area contributed by atoms with E-state index >= 15 is 0 Å². The highest BCUT2D eigenvalue weighted by molar-refractivity contribution is 6.34. The second-order valence-electron chi connectivity index (χ2n) is 4.99. The summed E-state index contributed by atoms with van der Waals surface area (Å²) in [6, 6.07) is 9.86. The first-order chi connectivity index (χ1) is 11.4. The Bertz CT molecular complexity index is 758. The Morgan fingerprint density at radius 2 is 1.88 bits per heavy atom. The number of rotatable bonds is 6. The Balaban J connectivity index is 2.05. The van der Waals surface area contributed by atoms with Crippen LogP contribution in [0.15, 0.2) is 36.4 Å². The number of carboxylic acids is 1. The van der Waals surface area contributed by atoms with Crippen LogP contribution in [0.5, 0.6) is 11.5 Å². The third-order valence-electron chi connectivity index (χ3n) is 3.18. The standard InChI is InChI=1S/C17H16ClNO5/c1-10-3-5-11(6-4-10)24-9-16(20)19-14-8-15(23-2)12(17(21)22)7-13(14)18/h3-8H,9H2,1-2H3,(H,19,20)(H,21,22). The van der Waals surface area contributed by atoms with E-state index in [-0.39, 0.29) is 28.6 Å². The number of carbonyl (C=O) groups excluding carboxylic acids is 1. The largest absolute Gasteiger partial charge is 0.496 e. The fraction of sp³-hybridized carbons (Fsp3) is 0.176. The fourth-order valence-electron chi connectivity index (χ4n) is 1.95. The number of methoxy groups -OCH3 is 1. The average molecular weight is 350 g/mol. The number of amides is 1. The summed E-state index contributed by atoms with van der Waals surface area (Å²) in [5, 5.41) is 11.7. The van der Waals surface area contributed by atoms with Crippen molar-refractivity contribution in [3.05, 3.63) is 52.5 Å². The van der Waals surface area contributed by atoms with E-state index in [2.05, 4.69) is 5.32 Å². The molecule has 2 aromatic rings. The summed E-state index contributed by atoms with van der Waals surface area (Å²) in [5.74, 6) is -0.931. The van der Waals surface area contributed by atoms with Crippen molar-refractivity contribution in [3.8, 4) is 11.5 Å². The minimum atomic E-state index is -1.17. The first-order valence-electron chi connectivity index (χ1n) is 7.01. The van der Waals surface area contributed by atoms with E-state index in [0.29, 0.717) is 5.75 Å². The van der Waals surface area contributed by atoms with Gasteiger partial charge in [-0.2, -0.15) is 0 Å². The zero-order chi connectivity index (χ0) is 17.7. The monoisotopic (exact) mass is 349 g/mol. The third kappa shape index (κ3) is 4.39. The van der Waals surface area contributed by atoms with E-state index in [1.807, 2.05) is 19.1 Å². The zero-order valence-electron chi connectivity index (χ0n) is 13.1. The summed E-state index contributed by atoms with van der Waals surface area (Å²) >= 11 is 6.01. The van der Waals surface area contributed by atoms with Gasteiger partial charge in [0.2, 0.25) is 0 Å². The number of nitrogens with one attached hydrogen (secondary N) is 1. The molecule has 0 aliphatic heterocycles. The van der Waals surface area contributed by atoms with Crippen LogP contribution in [-0.2, 0) is 4.79 Å². The lowest BCUT2D eigenvalue weighted by atomic mass is 10.1. The molecule has 0 aliphatic carbocycles. The molecule has 6 nitrogen and oxygen atoms in total. The van der Waals surface area contributed by atoms with Crippen molar-refractivity contribution in [1.29, 1.82) is 0 Å². The first kappa shape index (κ1) is 17.6. The van der Waals surface area contributed by atoms with E-state index in [1.165, 1.54) is 19.2 Å². The van der Waals surface area contributed by atoms with Crippen LogP contribution >= 0.6 is 11.6 Å². The van der Waals surface area contributed by atoms with Gasteiger partial charge in [0.25, 0.3) is 5.91 Å². The number of ether oxygens (including phenoxy) is 2. The smallest absolute Gasteiger partial charge is 0.339 e. The van der Waals surface area contributed by atoms with Crippen molar-refractivity contribution in [1.82, 2.24) is 0 Å². The molecule has 126 valence electrons. The van der Waals surface area contributed by atoms with E-state index in [9.17, 15) is 9.59 Å². The molecule has 0 bridgehead atoms. The molecule has 7 heteroatoms. The van der Waals surface area contributed by atoms with Gasteiger partial charge in [-0.05, 0) is 25.1 Å². The number of benzene rings is 2. The third-order valence-corrected chi connectivity index (χ3v) is 3.50. The summed E-state index contributed by atoms with van der Waals surface area (Å²) in [6.45, 7) is 1.75. The molecular weight excluding hydrogens is 334 g/mol. The van der Waals surface area contributed by atoms with Crippen molar-refractivity contribution in [2.45, 2.75) is 6.92 Å². The van der Waals surface area contributed by atoms with Crippen molar-refractivity contribution in [2.75, 3.05) is 19.0 Å². The van der Waals surface area contributed by atoms with Gasteiger partial charge in [-0.25, -0.2) is 4.79 Å². The van der Waals surface area contributed by atoms with Crippen LogP contribution < -0.4 is 14.8 Å². The minimum Gasteiger partial charge on any atom is -0.496 e. The highest BCUT2D eigenvalue weighted by Crippen LogP contribution is 2.31. The van der Waals surface area contributed by atoms with Crippen LogP contribution in [0.2, 0.25) is 5.02 Å². The molecule has 0 fully saturated rings. The van der Waals surface area contributed by atoms with E-state index < -0.39 is 11.9 Å². The van der Waals surface area contributed by atoms with E-state index in [4.69, 9.17) is 26.2 Å². The first-order valence-corrected chi connectivity index (χ1v) is 7.38. The minimum absolute atomic E-state index is 0.0867. The predicted molar refractivity (Wildman–Crippen MR) is 90.3 cm³/mol. The highest BCUT2D eigenvalue weighted by Gasteiger charge is 2.16. The van der Waals surface area contributed by atoms with E-state index in [0.717, 1.165) is 5.56 Å². The number of anilines is 1. The fourth-order valence-corrected chi connectivity index (χ4v) is 2.17. The maximum absolute atomic E-state index is 12.0. The number of carbonyl (C=O) groups is 2. The molecule has 0 spiro atoms. The van der Waals surface area contributed by atoms with Gasteiger partial charge in [0.1, 0.15) is 17.1 Å². The Kier molecular flexibility index (Phi) is 5.65. The number of hydrogen-bond donors (Lipinski definition) is 2. The number of aryl methyl sites for hydroxylation is 1. The molecule has 0 saturated carbocycles. The summed E-state index contributed by atoms with van der Waals surface area (Å²) in [5.41, 5.74) is 1.25. The summed E-state index contributed by atoms with van der Waals surface area (Å²) in [6.07, 6.45) is 0. The van der Waals surface area contributed by atoms with Gasteiger partial charge in [-0.1, -0.05) is 29.3 Å². The molecule has 2 N–H and O–H groups in total. The lowest BCUT2D eigenvalue weighted by molar-refractivity contribution is -0.118. The van der Waals surface area contributed by atoms with Crippen molar-refractivity contribution in [3.63, 3.8) is 0 Å². The van der Waals surface area contributed by atoms with Crippen molar-refractivity contribution < 1.29 is 24.2 Å². The SMILES string of the molecule is COc1cc(NC(=O)COc2ccc(C)cc2)c(Cl)cc1C(=O)O. The Morgan fingerprint density at radius 1 is 1.21 bits per heavy atom. The maximum atomic E-state index is 12.0. The molecule has 0 heterocycles. The van der Waals surface area contributed by atoms with Crippen LogP contribution in [0.3, 0.4) is 0 Å². The Labute approximate surface area is 144 Å². The van der Waals surface area contributed by atoms with Crippen molar-refractivity contribution in [2.24, 2.45) is 0 Å². The van der Waals surface area contributed by atoms with Crippen molar-refractivity contribution >= 4 is 29.2 Å². The van der Waals surface area contributed by atoms with E-state index in [1.54, 1.807) is 12.1 Å². The van der Waals surface area contributed by atoms with Crippen LogP contribution in [0.4, 0.5) is 5.69 Å². The number of hydrogen-bond acceptors (Lipinski definition) is 4. The van der Waals surface area contributed by atoms with Crippen LogP contribution in [0.25, 0.3) is 0 Å². The molecule has 24 heavy (non-hydrogen) atoms. The molecule has 0 aliphatic rings. The topological polar surface area (TPSA) is 84.9 Å². The highest BCUT2D eigenvalue weighted by atomic mass is 35.5. The van der Waals surface area contributed by atoms with Gasteiger partial charge in [0.05, 0.1) is 17.8 Å². The van der Waals surface area contributed by atoms with Gasteiger partial charge in [0.15, 0.2) is 6.61 Å². The lowest BCUT2D eigenvalue weighted by Gasteiger charge is -2.12.